The van der Waals surface area contributed by atoms with Crippen LogP contribution in [0.15, 0.2) is 71.6 Å². The van der Waals surface area contributed by atoms with Crippen LogP contribution in [0.5, 0.6) is 0 Å². The lowest BCUT2D eigenvalue weighted by molar-refractivity contribution is -0.126. The molecule has 4 heterocycles. The van der Waals surface area contributed by atoms with Gasteiger partial charge in [0.25, 0.3) is 5.91 Å². The minimum absolute atomic E-state index is 0.206. The highest BCUT2D eigenvalue weighted by Gasteiger charge is 2.38. The Balaban J connectivity index is 1.26. The van der Waals surface area contributed by atoms with Crippen LogP contribution in [-0.4, -0.2) is 58.0 Å². The zero-order chi connectivity index (χ0) is 26.8. The number of carbonyl (C=O) groups is 2. The van der Waals surface area contributed by atoms with Gasteiger partial charge in [0, 0.05) is 66.9 Å². The van der Waals surface area contributed by atoms with Gasteiger partial charge >= 0.3 is 0 Å². The number of benzene rings is 2. The molecule has 198 valence electrons. The van der Waals surface area contributed by atoms with Crippen molar-refractivity contribution < 1.29 is 18.7 Å². The molecular weight excluding hydrogens is 496 g/mol. The Morgan fingerprint density at radius 2 is 1.97 bits per heavy atom. The number of aromatic nitrogens is 3. The smallest absolute Gasteiger partial charge is 0.290 e. The van der Waals surface area contributed by atoms with Gasteiger partial charge in [0.2, 0.25) is 5.91 Å². The highest BCUT2D eigenvalue weighted by Crippen LogP contribution is 2.32. The summed E-state index contributed by atoms with van der Waals surface area (Å²) in [5, 5.41) is 7.32. The van der Waals surface area contributed by atoms with Crippen molar-refractivity contribution in [3.05, 3.63) is 89.8 Å². The number of ether oxygens (including phenoxy) is 1. The van der Waals surface area contributed by atoms with Gasteiger partial charge in [-0.3, -0.25) is 19.6 Å². The van der Waals surface area contributed by atoms with Crippen LogP contribution < -0.4 is 10.6 Å². The van der Waals surface area contributed by atoms with Gasteiger partial charge in [-0.2, -0.15) is 0 Å². The zero-order valence-corrected chi connectivity index (χ0v) is 21.4. The van der Waals surface area contributed by atoms with Gasteiger partial charge in [0.1, 0.15) is 6.04 Å². The standard InChI is InChI=1S/C29H28N6O4/c1-38-13-11-32-28(36)26-15-21-20-4-2-3-5-22(20)34-25(21)17-35(26)29(37)27-18(8-12-39-27)16-33-19-6-7-23-24(14-19)31-10-9-30-23/h2-10,12,14,26,33-34H,11,13,15-17H2,1H3,(H,32,36)/t26-/m1/s1. The minimum Gasteiger partial charge on any atom is -0.459 e. The summed E-state index contributed by atoms with van der Waals surface area (Å²) < 4.78 is 10.8. The SMILES string of the molecule is COCCNC(=O)[C@H]1Cc2c([nH]c3ccccc23)CN1C(=O)c1occc1CNc1ccc2nccnc2c1. The second-order valence-corrected chi connectivity index (χ2v) is 9.45. The van der Waals surface area contributed by atoms with Crippen LogP contribution in [0.4, 0.5) is 5.69 Å². The van der Waals surface area contributed by atoms with Crippen molar-refractivity contribution in [2.45, 2.75) is 25.6 Å². The lowest BCUT2D eigenvalue weighted by Crippen LogP contribution is -2.53. The van der Waals surface area contributed by atoms with Gasteiger partial charge < -0.3 is 29.7 Å². The fraction of sp³-hybridized carbons (Fsp3) is 0.241. The summed E-state index contributed by atoms with van der Waals surface area (Å²) in [6, 6.07) is 14.8. The Kier molecular flexibility index (Phi) is 6.68. The van der Waals surface area contributed by atoms with Crippen molar-refractivity contribution >= 4 is 39.4 Å². The summed E-state index contributed by atoms with van der Waals surface area (Å²) >= 11 is 0. The molecule has 0 spiro atoms. The van der Waals surface area contributed by atoms with Gasteiger partial charge in [0.05, 0.1) is 30.4 Å². The molecule has 0 saturated carbocycles. The lowest BCUT2D eigenvalue weighted by Gasteiger charge is -2.34. The van der Waals surface area contributed by atoms with Gasteiger partial charge in [0.15, 0.2) is 5.76 Å². The lowest BCUT2D eigenvalue weighted by atomic mass is 9.95. The number of hydrogen-bond acceptors (Lipinski definition) is 7. The first-order valence-electron chi connectivity index (χ1n) is 12.8. The molecule has 10 heteroatoms. The zero-order valence-electron chi connectivity index (χ0n) is 21.4. The topological polar surface area (TPSA) is 125 Å². The molecule has 3 N–H and O–H groups in total. The van der Waals surface area contributed by atoms with E-state index < -0.39 is 6.04 Å². The predicted molar refractivity (Wildman–Crippen MR) is 146 cm³/mol. The Bertz CT molecular complexity index is 1660. The number of carbonyl (C=O) groups excluding carboxylic acids is 2. The number of anilines is 1. The van der Waals surface area contributed by atoms with E-state index in [1.807, 2.05) is 42.5 Å². The first kappa shape index (κ1) is 24.6. The van der Waals surface area contributed by atoms with Crippen molar-refractivity contribution in [3.63, 3.8) is 0 Å². The number of furan rings is 1. The number of hydrogen-bond donors (Lipinski definition) is 3. The second-order valence-electron chi connectivity index (χ2n) is 9.45. The van der Waals surface area contributed by atoms with E-state index >= 15 is 0 Å². The molecule has 39 heavy (non-hydrogen) atoms. The Labute approximate surface area is 224 Å². The normalized spacial score (nSPS) is 14.9. The van der Waals surface area contributed by atoms with E-state index in [2.05, 4.69) is 25.6 Å². The fourth-order valence-electron chi connectivity index (χ4n) is 5.11. The van der Waals surface area contributed by atoms with E-state index in [-0.39, 0.29) is 24.1 Å². The summed E-state index contributed by atoms with van der Waals surface area (Å²) in [7, 11) is 1.58. The molecule has 5 aromatic rings. The first-order chi connectivity index (χ1) is 19.1. The van der Waals surface area contributed by atoms with E-state index in [1.165, 1.54) is 6.26 Å². The first-order valence-corrected chi connectivity index (χ1v) is 12.8. The van der Waals surface area contributed by atoms with Crippen LogP contribution in [0.1, 0.15) is 27.4 Å². The summed E-state index contributed by atoms with van der Waals surface area (Å²) in [6.45, 7) is 1.38. The van der Waals surface area contributed by atoms with Gasteiger partial charge in [-0.1, -0.05) is 18.2 Å². The number of fused-ring (bicyclic) bond motifs is 4. The minimum atomic E-state index is -0.689. The third kappa shape index (κ3) is 4.82. The van der Waals surface area contributed by atoms with E-state index in [0.29, 0.717) is 31.7 Å². The van der Waals surface area contributed by atoms with Crippen molar-refractivity contribution in [2.24, 2.45) is 0 Å². The number of methoxy groups -OCH3 is 1. The molecule has 2 amide bonds. The van der Waals surface area contributed by atoms with Gasteiger partial charge in [-0.25, -0.2) is 0 Å². The molecule has 1 atom stereocenters. The molecule has 2 aromatic carbocycles. The monoisotopic (exact) mass is 524 g/mol. The third-order valence-electron chi connectivity index (χ3n) is 7.07. The molecular formula is C29H28N6O4. The molecule has 0 fully saturated rings. The van der Waals surface area contributed by atoms with E-state index in [0.717, 1.165) is 38.9 Å². The summed E-state index contributed by atoms with van der Waals surface area (Å²) in [6.07, 6.45) is 5.21. The molecule has 0 unspecified atom stereocenters. The Morgan fingerprint density at radius 3 is 2.85 bits per heavy atom. The van der Waals surface area contributed by atoms with Crippen LogP contribution >= 0.6 is 0 Å². The maximum Gasteiger partial charge on any atom is 0.290 e. The van der Waals surface area contributed by atoms with Crippen LogP contribution in [0.25, 0.3) is 21.9 Å². The maximum absolute atomic E-state index is 13.9. The van der Waals surface area contributed by atoms with Crippen LogP contribution in [0, 0.1) is 0 Å². The third-order valence-corrected chi connectivity index (χ3v) is 7.07. The average Bonchev–Trinajstić information content (AvgIpc) is 3.59. The van der Waals surface area contributed by atoms with Gasteiger partial charge in [-0.15, -0.1) is 0 Å². The van der Waals surface area contributed by atoms with Crippen molar-refractivity contribution in [3.8, 4) is 0 Å². The molecule has 10 nitrogen and oxygen atoms in total. The largest absolute Gasteiger partial charge is 0.459 e. The van der Waals surface area contributed by atoms with Gasteiger partial charge in [-0.05, 0) is 35.9 Å². The number of nitrogens with one attached hydrogen (secondary N) is 3. The Morgan fingerprint density at radius 1 is 1.13 bits per heavy atom. The number of para-hydroxylation sites is 1. The highest BCUT2D eigenvalue weighted by atomic mass is 16.5. The number of nitrogens with zero attached hydrogens (tertiary/aromatic N) is 3. The van der Waals surface area contributed by atoms with Crippen molar-refractivity contribution in [1.82, 2.24) is 25.2 Å². The second kappa shape index (κ2) is 10.6. The van der Waals surface area contributed by atoms with Crippen molar-refractivity contribution in [1.29, 1.82) is 0 Å². The van der Waals surface area contributed by atoms with Crippen molar-refractivity contribution in [2.75, 3.05) is 25.6 Å². The van der Waals surface area contributed by atoms with Crippen LogP contribution in [0.3, 0.4) is 0 Å². The van der Waals surface area contributed by atoms with E-state index in [1.54, 1.807) is 30.5 Å². The number of rotatable bonds is 8. The maximum atomic E-state index is 13.9. The van der Waals surface area contributed by atoms with E-state index in [4.69, 9.17) is 9.15 Å². The fourth-order valence-corrected chi connectivity index (χ4v) is 5.11. The highest BCUT2D eigenvalue weighted by molar-refractivity contribution is 5.98. The van der Waals surface area contributed by atoms with E-state index in [9.17, 15) is 9.59 Å². The molecule has 0 bridgehead atoms. The quantitative estimate of drug-likeness (QED) is 0.265. The molecule has 0 saturated heterocycles. The molecule has 0 aliphatic carbocycles. The average molecular weight is 525 g/mol. The summed E-state index contributed by atoms with van der Waals surface area (Å²) in [5.74, 6) is -0.352. The number of H-pyrrole nitrogens is 1. The van der Waals surface area contributed by atoms with Crippen LogP contribution in [0.2, 0.25) is 0 Å². The molecule has 3 aromatic heterocycles. The molecule has 1 aliphatic rings. The van der Waals surface area contributed by atoms with Crippen LogP contribution in [-0.2, 0) is 29.0 Å². The Hall–Kier alpha value is -4.70. The summed E-state index contributed by atoms with van der Waals surface area (Å²) in [4.78, 5) is 40.9. The number of amides is 2. The summed E-state index contributed by atoms with van der Waals surface area (Å²) in [5.41, 5.74) is 6.09. The molecule has 6 rings (SSSR count). The molecule has 0 radical (unpaired) electrons. The predicted octanol–water partition coefficient (Wildman–Crippen LogP) is 3.65. The number of aromatic amines is 1. The molecule has 1 aliphatic heterocycles.